The van der Waals surface area contributed by atoms with Crippen LogP contribution >= 0.6 is 0 Å². The highest BCUT2D eigenvalue weighted by molar-refractivity contribution is 6.07. The van der Waals surface area contributed by atoms with E-state index in [9.17, 15) is 14.4 Å². The monoisotopic (exact) mass is 455 g/mol. The van der Waals surface area contributed by atoms with E-state index in [2.05, 4.69) is 10.3 Å². The lowest BCUT2D eigenvalue weighted by atomic mass is 9.88. The van der Waals surface area contributed by atoms with Crippen LogP contribution in [0.25, 0.3) is 11.0 Å². The van der Waals surface area contributed by atoms with E-state index in [1.165, 1.54) is 6.42 Å². The van der Waals surface area contributed by atoms with Crippen molar-refractivity contribution in [3.63, 3.8) is 0 Å². The number of carbonyl (C=O) groups is 3. The molecule has 33 heavy (non-hydrogen) atoms. The molecular weight excluding hydrogens is 422 g/mol. The zero-order valence-corrected chi connectivity index (χ0v) is 19.5. The standard InChI is InChI=1S/C24H33N5O4/c1-17(30)27-8-10-28(11-9-27)24(32)20-14-19(26-23(31)18-6-4-3-5-7-18)15-21-22(20)29(16-25-21)12-13-33-2/h14-16,18H,3-13H2,1-2H3,(H,26,31). The summed E-state index contributed by atoms with van der Waals surface area (Å²) >= 11 is 0. The zero-order chi connectivity index (χ0) is 23.4. The highest BCUT2D eigenvalue weighted by Gasteiger charge is 2.27. The highest BCUT2D eigenvalue weighted by atomic mass is 16.5. The van der Waals surface area contributed by atoms with Crippen molar-refractivity contribution < 1.29 is 19.1 Å². The Hall–Kier alpha value is -2.94. The van der Waals surface area contributed by atoms with Crippen LogP contribution in [0, 0.1) is 5.92 Å². The highest BCUT2D eigenvalue weighted by Crippen LogP contribution is 2.28. The number of methoxy groups -OCH3 is 1. The number of hydrogen-bond donors (Lipinski definition) is 1. The predicted molar refractivity (Wildman–Crippen MR) is 125 cm³/mol. The molecule has 2 aliphatic rings. The number of anilines is 1. The molecule has 2 heterocycles. The number of fused-ring (bicyclic) bond motifs is 1. The lowest BCUT2D eigenvalue weighted by Crippen LogP contribution is -2.50. The van der Waals surface area contributed by atoms with Gasteiger partial charge in [-0.3, -0.25) is 14.4 Å². The Morgan fingerprint density at radius 3 is 2.42 bits per heavy atom. The van der Waals surface area contributed by atoms with Gasteiger partial charge in [0.1, 0.15) is 0 Å². The summed E-state index contributed by atoms with van der Waals surface area (Å²) in [6.45, 7) is 4.61. The average molecular weight is 456 g/mol. The van der Waals surface area contributed by atoms with Crippen molar-refractivity contribution in [3.05, 3.63) is 24.0 Å². The molecule has 1 aliphatic heterocycles. The van der Waals surface area contributed by atoms with Gasteiger partial charge in [-0.2, -0.15) is 0 Å². The number of hydrogen-bond acceptors (Lipinski definition) is 5. The Bertz CT molecular complexity index is 1020. The molecule has 9 heteroatoms. The number of aromatic nitrogens is 2. The molecule has 1 aromatic carbocycles. The van der Waals surface area contributed by atoms with Crippen molar-refractivity contribution in [2.24, 2.45) is 5.92 Å². The Kier molecular flexibility index (Phi) is 7.27. The molecule has 9 nitrogen and oxygen atoms in total. The third-order valence-corrected chi connectivity index (χ3v) is 6.74. The molecule has 0 atom stereocenters. The summed E-state index contributed by atoms with van der Waals surface area (Å²) in [6, 6.07) is 3.61. The lowest BCUT2D eigenvalue weighted by Gasteiger charge is -2.34. The third-order valence-electron chi connectivity index (χ3n) is 6.74. The molecule has 0 unspecified atom stereocenters. The first-order valence-corrected chi connectivity index (χ1v) is 11.8. The van der Waals surface area contributed by atoms with Gasteiger partial charge in [0.05, 0.1) is 29.5 Å². The number of rotatable bonds is 6. The fourth-order valence-corrected chi connectivity index (χ4v) is 4.81. The molecule has 178 valence electrons. The van der Waals surface area contributed by atoms with E-state index in [1.54, 1.807) is 36.2 Å². The van der Waals surface area contributed by atoms with Crippen LogP contribution in [0.2, 0.25) is 0 Å². The van der Waals surface area contributed by atoms with Crippen molar-refractivity contribution in [1.82, 2.24) is 19.4 Å². The molecular formula is C24H33N5O4. The summed E-state index contributed by atoms with van der Waals surface area (Å²) in [5, 5.41) is 3.04. The third kappa shape index (κ3) is 5.19. The quantitative estimate of drug-likeness (QED) is 0.722. The van der Waals surface area contributed by atoms with Crippen LogP contribution in [0.15, 0.2) is 18.5 Å². The van der Waals surface area contributed by atoms with Crippen molar-refractivity contribution >= 4 is 34.4 Å². The summed E-state index contributed by atoms with van der Waals surface area (Å²) < 4.78 is 7.14. The van der Waals surface area contributed by atoms with Gasteiger partial charge in [0.15, 0.2) is 0 Å². The van der Waals surface area contributed by atoms with Crippen LogP contribution in [0.3, 0.4) is 0 Å². The molecule has 1 saturated carbocycles. The molecule has 1 aromatic heterocycles. The summed E-state index contributed by atoms with van der Waals surface area (Å²) in [5.74, 6) is -0.0560. The van der Waals surface area contributed by atoms with E-state index >= 15 is 0 Å². The van der Waals surface area contributed by atoms with Gasteiger partial charge in [0.25, 0.3) is 5.91 Å². The van der Waals surface area contributed by atoms with Crippen LogP contribution in [0.1, 0.15) is 49.4 Å². The first-order valence-electron chi connectivity index (χ1n) is 11.8. The first-order chi connectivity index (χ1) is 16.0. The Labute approximate surface area is 194 Å². The molecule has 3 amide bonds. The minimum Gasteiger partial charge on any atom is -0.383 e. The van der Waals surface area contributed by atoms with Crippen molar-refractivity contribution in [2.45, 2.75) is 45.6 Å². The SMILES string of the molecule is COCCn1cnc2cc(NC(=O)C3CCCCC3)cc(C(=O)N3CCN(C(C)=O)CC3)c21. The number of carbonyl (C=O) groups excluding carboxylic acids is 3. The maximum Gasteiger partial charge on any atom is 0.256 e. The smallest absolute Gasteiger partial charge is 0.256 e. The summed E-state index contributed by atoms with van der Waals surface area (Å²) in [5.41, 5.74) is 2.51. The molecule has 1 aliphatic carbocycles. The molecule has 4 rings (SSSR count). The van der Waals surface area contributed by atoms with E-state index in [0.29, 0.717) is 56.1 Å². The number of ether oxygens (including phenoxy) is 1. The maximum absolute atomic E-state index is 13.6. The Morgan fingerprint density at radius 2 is 1.76 bits per heavy atom. The van der Waals surface area contributed by atoms with E-state index in [1.807, 2.05) is 10.6 Å². The van der Waals surface area contributed by atoms with E-state index in [-0.39, 0.29) is 23.6 Å². The van der Waals surface area contributed by atoms with Crippen molar-refractivity contribution in [1.29, 1.82) is 0 Å². The molecule has 1 saturated heterocycles. The summed E-state index contributed by atoms with van der Waals surface area (Å²) in [7, 11) is 1.64. The van der Waals surface area contributed by atoms with Crippen LogP contribution in [0.5, 0.6) is 0 Å². The van der Waals surface area contributed by atoms with Crippen LogP contribution in [0.4, 0.5) is 5.69 Å². The minimum absolute atomic E-state index is 0.0151. The van der Waals surface area contributed by atoms with Gasteiger partial charge < -0.3 is 24.4 Å². The average Bonchev–Trinajstić information content (AvgIpc) is 3.25. The van der Waals surface area contributed by atoms with Crippen molar-refractivity contribution in [3.8, 4) is 0 Å². The molecule has 2 aromatic rings. The number of nitrogens with one attached hydrogen (secondary N) is 1. The van der Waals surface area contributed by atoms with Gasteiger partial charge in [-0.05, 0) is 25.0 Å². The van der Waals surface area contributed by atoms with Gasteiger partial charge in [-0.15, -0.1) is 0 Å². The summed E-state index contributed by atoms with van der Waals surface area (Å²) in [6.07, 6.45) is 6.87. The second kappa shape index (κ2) is 10.3. The van der Waals surface area contributed by atoms with Gasteiger partial charge >= 0.3 is 0 Å². The summed E-state index contributed by atoms with van der Waals surface area (Å²) in [4.78, 5) is 46.1. The maximum atomic E-state index is 13.6. The Morgan fingerprint density at radius 1 is 1.06 bits per heavy atom. The van der Waals surface area contributed by atoms with Crippen LogP contribution in [-0.2, 0) is 20.9 Å². The number of benzene rings is 1. The van der Waals surface area contributed by atoms with Crippen LogP contribution < -0.4 is 5.32 Å². The second-order valence-electron chi connectivity index (χ2n) is 8.94. The molecule has 1 N–H and O–H groups in total. The molecule has 0 bridgehead atoms. The fourth-order valence-electron chi connectivity index (χ4n) is 4.81. The van der Waals surface area contributed by atoms with E-state index in [0.717, 1.165) is 31.2 Å². The van der Waals surface area contributed by atoms with Crippen molar-refractivity contribution in [2.75, 3.05) is 45.2 Å². The minimum atomic E-state index is -0.115. The van der Waals surface area contributed by atoms with E-state index < -0.39 is 0 Å². The normalized spacial score (nSPS) is 17.4. The number of amides is 3. The second-order valence-corrected chi connectivity index (χ2v) is 8.94. The van der Waals surface area contributed by atoms with E-state index in [4.69, 9.17) is 4.74 Å². The van der Waals surface area contributed by atoms with Gasteiger partial charge in [0.2, 0.25) is 11.8 Å². The van der Waals surface area contributed by atoms with Crippen LogP contribution in [-0.4, -0.2) is 77.0 Å². The fraction of sp³-hybridized carbons (Fsp3) is 0.583. The predicted octanol–water partition coefficient (Wildman–Crippen LogP) is 2.51. The van der Waals surface area contributed by atoms with Gasteiger partial charge in [-0.25, -0.2) is 4.98 Å². The zero-order valence-electron chi connectivity index (χ0n) is 19.5. The number of piperazine rings is 1. The topological polar surface area (TPSA) is 96.8 Å². The first kappa shape index (κ1) is 23.2. The number of nitrogens with zero attached hydrogens (tertiary/aromatic N) is 4. The number of imidazole rings is 1. The Balaban J connectivity index is 1.62. The molecule has 0 spiro atoms. The lowest BCUT2D eigenvalue weighted by molar-refractivity contribution is -0.130. The molecule has 0 radical (unpaired) electrons. The molecule has 2 fully saturated rings. The van der Waals surface area contributed by atoms with Gasteiger partial charge in [0, 0.05) is 58.4 Å². The van der Waals surface area contributed by atoms with Gasteiger partial charge in [-0.1, -0.05) is 19.3 Å². The largest absolute Gasteiger partial charge is 0.383 e.